The SMILES string of the molecule is C/C=N\N(C)C.CCCCCC. The Morgan fingerprint density at radius 3 is 1.58 bits per heavy atom. The van der Waals surface area contributed by atoms with E-state index in [1.165, 1.54) is 25.7 Å². The first-order valence-corrected chi connectivity index (χ1v) is 4.84. The molecule has 74 valence electrons. The molecule has 0 fully saturated rings. The third kappa shape index (κ3) is 22.7. The molecule has 2 nitrogen and oxygen atoms in total. The molecule has 0 saturated heterocycles. The minimum absolute atomic E-state index is 1.36. The maximum atomic E-state index is 3.83. The number of nitrogens with zero attached hydrogens (tertiary/aromatic N) is 2. The van der Waals surface area contributed by atoms with Crippen LogP contribution in [0.1, 0.15) is 46.5 Å². The quantitative estimate of drug-likeness (QED) is 0.361. The van der Waals surface area contributed by atoms with Crippen molar-refractivity contribution < 1.29 is 0 Å². The maximum absolute atomic E-state index is 3.83. The molecule has 0 bridgehead atoms. The minimum Gasteiger partial charge on any atom is -0.304 e. The first-order chi connectivity index (χ1) is 5.68. The van der Waals surface area contributed by atoms with Gasteiger partial charge >= 0.3 is 0 Å². The molecule has 0 aliphatic carbocycles. The summed E-state index contributed by atoms with van der Waals surface area (Å²) in [6, 6.07) is 0. The Morgan fingerprint density at radius 1 is 1.08 bits per heavy atom. The Labute approximate surface area is 77.7 Å². The summed E-state index contributed by atoms with van der Waals surface area (Å²) in [6.07, 6.45) is 7.29. The van der Waals surface area contributed by atoms with Gasteiger partial charge in [0, 0.05) is 20.3 Å². The van der Waals surface area contributed by atoms with E-state index in [0.717, 1.165) is 0 Å². The van der Waals surface area contributed by atoms with Crippen LogP contribution in [0.2, 0.25) is 0 Å². The van der Waals surface area contributed by atoms with Gasteiger partial charge in [0.2, 0.25) is 0 Å². The fourth-order valence-corrected chi connectivity index (χ4v) is 0.731. The Bertz CT molecular complexity index is 83.8. The summed E-state index contributed by atoms with van der Waals surface area (Å²) in [5, 5.41) is 5.58. The Hall–Kier alpha value is -0.530. The van der Waals surface area contributed by atoms with Crippen LogP contribution < -0.4 is 0 Å². The topological polar surface area (TPSA) is 15.6 Å². The van der Waals surface area contributed by atoms with Crippen LogP contribution >= 0.6 is 0 Å². The molecule has 0 rings (SSSR count). The average Bonchev–Trinajstić information content (AvgIpc) is 2.02. The van der Waals surface area contributed by atoms with Crippen LogP contribution in [-0.2, 0) is 0 Å². The van der Waals surface area contributed by atoms with Gasteiger partial charge in [0.25, 0.3) is 0 Å². The molecule has 12 heavy (non-hydrogen) atoms. The molecule has 0 heterocycles. The summed E-state index contributed by atoms with van der Waals surface area (Å²) >= 11 is 0. The summed E-state index contributed by atoms with van der Waals surface area (Å²) in [4.78, 5) is 0. The van der Waals surface area contributed by atoms with E-state index >= 15 is 0 Å². The van der Waals surface area contributed by atoms with Gasteiger partial charge < -0.3 is 5.01 Å². The van der Waals surface area contributed by atoms with E-state index in [-0.39, 0.29) is 0 Å². The van der Waals surface area contributed by atoms with E-state index in [2.05, 4.69) is 18.9 Å². The van der Waals surface area contributed by atoms with Crippen LogP contribution in [0.15, 0.2) is 5.10 Å². The van der Waals surface area contributed by atoms with Crippen molar-refractivity contribution in [2.45, 2.75) is 46.5 Å². The van der Waals surface area contributed by atoms with Gasteiger partial charge in [0.05, 0.1) is 0 Å². The van der Waals surface area contributed by atoms with Gasteiger partial charge in [0.1, 0.15) is 0 Å². The lowest BCUT2D eigenvalue weighted by Gasteiger charge is -1.98. The first-order valence-electron chi connectivity index (χ1n) is 4.84. The van der Waals surface area contributed by atoms with Gasteiger partial charge in [-0.2, -0.15) is 5.10 Å². The maximum Gasteiger partial charge on any atom is 0.0244 e. The van der Waals surface area contributed by atoms with Crippen molar-refractivity contribution in [2.75, 3.05) is 14.1 Å². The number of hydrogen-bond donors (Lipinski definition) is 0. The van der Waals surface area contributed by atoms with Gasteiger partial charge in [-0.25, -0.2) is 0 Å². The van der Waals surface area contributed by atoms with Crippen molar-refractivity contribution in [3.05, 3.63) is 0 Å². The highest BCUT2D eigenvalue weighted by Gasteiger charge is 1.75. The lowest BCUT2D eigenvalue weighted by molar-refractivity contribution is 0.440. The second kappa shape index (κ2) is 13.1. The van der Waals surface area contributed by atoms with Crippen LogP contribution in [0.3, 0.4) is 0 Å². The highest BCUT2D eigenvalue weighted by atomic mass is 15.4. The summed E-state index contributed by atoms with van der Waals surface area (Å²) in [5.41, 5.74) is 0. The molecule has 2 heteroatoms. The zero-order chi connectivity index (χ0) is 9.82. The highest BCUT2D eigenvalue weighted by Crippen LogP contribution is 1.95. The van der Waals surface area contributed by atoms with Gasteiger partial charge in [-0.15, -0.1) is 0 Å². The first kappa shape index (κ1) is 14.0. The third-order valence-electron chi connectivity index (χ3n) is 1.30. The number of hydrogen-bond acceptors (Lipinski definition) is 2. The summed E-state index contributed by atoms with van der Waals surface area (Å²) in [7, 11) is 3.78. The summed E-state index contributed by atoms with van der Waals surface area (Å²) in [5.74, 6) is 0. The molecule has 0 aromatic carbocycles. The van der Waals surface area contributed by atoms with E-state index < -0.39 is 0 Å². The van der Waals surface area contributed by atoms with Crippen molar-refractivity contribution in [3.63, 3.8) is 0 Å². The third-order valence-corrected chi connectivity index (χ3v) is 1.30. The van der Waals surface area contributed by atoms with Gasteiger partial charge in [-0.1, -0.05) is 39.5 Å². The molecular weight excluding hydrogens is 148 g/mol. The van der Waals surface area contributed by atoms with Crippen LogP contribution in [-0.4, -0.2) is 25.3 Å². The van der Waals surface area contributed by atoms with Gasteiger partial charge in [-0.05, 0) is 6.92 Å². The molecule has 0 amide bonds. The lowest BCUT2D eigenvalue weighted by atomic mass is 10.2. The molecule has 0 aromatic heterocycles. The van der Waals surface area contributed by atoms with Crippen molar-refractivity contribution in [1.29, 1.82) is 0 Å². The van der Waals surface area contributed by atoms with Crippen molar-refractivity contribution in [3.8, 4) is 0 Å². The van der Waals surface area contributed by atoms with Crippen molar-refractivity contribution in [1.82, 2.24) is 5.01 Å². The standard InChI is InChI=1S/C6H14.C4H10N2/c1-3-5-6-4-2;1-4-5-6(2)3/h3-6H2,1-2H3;4H,1-3H3/b;5-4-. The minimum atomic E-state index is 1.36. The molecule has 0 N–H and O–H groups in total. The fraction of sp³-hybridized carbons (Fsp3) is 0.900. The average molecular weight is 172 g/mol. The van der Waals surface area contributed by atoms with Crippen LogP contribution in [0.5, 0.6) is 0 Å². The lowest BCUT2D eigenvalue weighted by Crippen LogP contribution is -2.00. The van der Waals surface area contributed by atoms with Crippen LogP contribution in [0, 0.1) is 0 Å². The van der Waals surface area contributed by atoms with Gasteiger partial charge in [-0.3, -0.25) is 0 Å². The fourth-order valence-electron chi connectivity index (χ4n) is 0.731. The smallest absolute Gasteiger partial charge is 0.0244 e. The number of hydrazone groups is 1. The molecule has 0 unspecified atom stereocenters. The summed E-state index contributed by atoms with van der Waals surface area (Å²) in [6.45, 7) is 6.35. The van der Waals surface area contributed by atoms with E-state index in [4.69, 9.17) is 0 Å². The molecule has 0 atom stereocenters. The highest BCUT2D eigenvalue weighted by molar-refractivity contribution is 5.52. The number of rotatable bonds is 4. The molecule has 0 aliphatic heterocycles. The Morgan fingerprint density at radius 2 is 1.50 bits per heavy atom. The largest absolute Gasteiger partial charge is 0.304 e. The van der Waals surface area contributed by atoms with E-state index in [0.29, 0.717) is 0 Å². The zero-order valence-electron chi connectivity index (χ0n) is 9.30. The monoisotopic (exact) mass is 172 g/mol. The van der Waals surface area contributed by atoms with Crippen molar-refractivity contribution in [2.24, 2.45) is 5.10 Å². The summed E-state index contributed by atoms with van der Waals surface area (Å²) < 4.78 is 0. The van der Waals surface area contributed by atoms with Gasteiger partial charge in [0.15, 0.2) is 0 Å². The van der Waals surface area contributed by atoms with Crippen LogP contribution in [0.25, 0.3) is 0 Å². The molecular formula is C10H24N2. The molecule has 0 aromatic rings. The van der Waals surface area contributed by atoms with E-state index in [1.807, 2.05) is 21.0 Å². The Kier molecular flexibility index (Phi) is 15.3. The molecule has 0 radical (unpaired) electrons. The van der Waals surface area contributed by atoms with E-state index in [1.54, 1.807) is 11.2 Å². The predicted molar refractivity (Wildman–Crippen MR) is 57.7 cm³/mol. The zero-order valence-corrected chi connectivity index (χ0v) is 9.30. The second-order valence-electron chi connectivity index (χ2n) is 2.93. The molecule has 0 aliphatic rings. The molecule has 0 saturated carbocycles. The Balaban J connectivity index is 0. The normalized spacial score (nSPS) is 9.42. The van der Waals surface area contributed by atoms with Crippen molar-refractivity contribution >= 4 is 6.21 Å². The molecule has 0 spiro atoms. The van der Waals surface area contributed by atoms with E-state index in [9.17, 15) is 0 Å². The predicted octanol–water partition coefficient (Wildman–Crippen LogP) is 3.14. The second-order valence-corrected chi connectivity index (χ2v) is 2.93. The number of unbranched alkanes of at least 4 members (excludes halogenated alkanes) is 3. The van der Waals surface area contributed by atoms with Crippen LogP contribution in [0.4, 0.5) is 0 Å².